The van der Waals surface area contributed by atoms with Gasteiger partial charge in [-0.3, -0.25) is 9.59 Å². The van der Waals surface area contributed by atoms with Crippen LogP contribution in [0.25, 0.3) is 0 Å². The highest BCUT2D eigenvalue weighted by atomic mass is 16.2. The third-order valence-corrected chi connectivity index (χ3v) is 9.52. The highest BCUT2D eigenvalue weighted by Crippen LogP contribution is 2.66. The molecule has 3 N–H and O–H groups in total. The summed E-state index contributed by atoms with van der Waals surface area (Å²) in [6, 6.07) is 8.32. The maximum absolute atomic E-state index is 13.4. The van der Waals surface area contributed by atoms with Gasteiger partial charge in [-0.2, -0.15) is 0 Å². The fourth-order valence-electron chi connectivity index (χ4n) is 8.01. The molecule has 4 aliphatic carbocycles. The number of aliphatic hydroxyl groups excluding tert-OH is 1. The van der Waals surface area contributed by atoms with Crippen molar-refractivity contribution in [1.82, 2.24) is 0 Å². The Labute approximate surface area is 209 Å². The monoisotopic (exact) mass is 471 g/mol. The third-order valence-electron chi connectivity index (χ3n) is 9.52. The zero-order chi connectivity index (χ0) is 24.7. The van der Waals surface area contributed by atoms with Crippen molar-refractivity contribution in [3.8, 4) is 11.8 Å². The predicted molar refractivity (Wildman–Crippen MR) is 138 cm³/mol. The fraction of sp³-hybridized carbons (Fsp3) is 0.548. The number of rotatable bonds is 4. The molecule has 0 bridgehead atoms. The van der Waals surface area contributed by atoms with Gasteiger partial charge in [-0.25, -0.2) is 0 Å². The number of anilines is 1. The van der Waals surface area contributed by atoms with E-state index in [-0.39, 0.29) is 29.6 Å². The number of hydrogen-bond acceptors (Lipinski definition) is 4. The molecule has 5 rings (SSSR count). The number of nitrogen functional groups attached to an aromatic ring is 1. The van der Waals surface area contributed by atoms with Crippen LogP contribution in [0, 0.1) is 40.9 Å². The SMILES string of the molecule is CC1C[C@@H]2C(=C3CCC(=O)C=C31)[C@@H](c1ccc(N)cc1)C[C@]1(C)[C@@H](C(=O)CCC#CCO)CC[C@@H]21. The minimum atomic E-state index is -0.153. The van der Waals surface area contributed by atoms with Gasteiger partial charge in [0.15, 0.2) is 5.78 Å². The largest absolute Gasteiger partial charge is 0.399 e. The molecule has 4 heteroatoms. The molecule has 4 aliphatic rings. The molecule has 0 amide bonds. The van der Waals surface area contributed by atoms with Gasteiger partial charge in [0.05, 0.1) is 0 Å². The van der Waals surface area contributed by atoms with Gasteiger partial charge in [0.1, 0.15) is 12.4 Å². The standard InChI is InChI=1S/C31H37NO3/c1-19-16-25-27-13-14-28(29(35)6-4-3-5-15-33)31(27,2)18-26(20-7-9-21(32)10-8-20)30(25)23-12-11-22(34)17-24(19)23/h7-10,17,19,25-28,33H,4,6,11-16,18,32H2,1-2H3/t19?,25-,26+,27-,28+,31-/m0/s1. The average molecular weight is 472 g/mol. The molecule has 0 aromatic heterocycles. The molecule has 35 heavy (non-hydrogen) atoms. The van der Waals surface area contributed by atoms with Crippen molar-refractivity contribution < 1.29 is 14.7 Å². The molecule has 1 unspecified atom stereocenters. The van der Waals surface area contributed by atoms with Gasteiger partial charge < -0.3 is 10.8 Å². The van der Waals surface area contributed by atoms with E-state index >= 15 is 0 Å². The molecule has 1 aromatic rings. The molecule has 184 valence electrons. The van der Waals surface area contributed by atoms with E-state index in [1.54, 1.807) is 5.57 Å². The number of ketones is 2. The molecule has 0 radical (unpaired) electrons. The normalized spacial score (nSPS) is 33.7. The minimum Gasteiger partial charge on any atom is -0.399 e. The van der Waals surface area contributed by atoms with Crippen LogP contribution in [0.3, 0.4) is 0 Å². The summed E-state index contributed by atoms with van der Waals surface area (Å²) < 4.78 is 0. The summed E-state index contributed by atoms with van der Waals surface area (Å²) in [6.07, 6.45) is 8.45. The molecule has 1 aromatic carbocycles. The molecule has 4 nitrogen and oxygen atoms in total. The maximum atomic E-state index is 13.4. The first-order valence-corrected chi connectivity index (χ1v) is 13.3. The van der Waals surface area contributed by atoms with Gasteiger partial charge in [-0.1, -0.05) is 37.5 Å². The molecular formula is C31H37NO3. The first-order chi connectivity index (χ1) is 16.8. The number of nitrogens with two attached hydrogens (primary N) is 1. The van der Waals surface area contributed by atoms with Crippen molar-refractivity contribution >= 4 is 17.3 Å². The van der Waals surface area contributed by atoms with Crippen molar-refractivity contribution in [2.45, 2.75) is 71.1 Å². The number of carbonyl (C=O) groups excluding carboxylic acids is 2. The average Bonchev–Trinajstić information content (AvgIpc) is 3.19. The van der Waals surface area contributed by atoms with Crippen molar-refractivity contribution in [3.05, 3.63) is 52.6 Å². The van der Waals surface area contributed by atoms with Crippen LogP contribution in [0.5, 0.6) is 0 Å². The highest BCUT2D eigenvalue weighted by molar-refractivity contribution is 5.93. The molecular weight excluding hydrogens is 434 g/mol. The Balaban J connectivity index is 1.57. The first kappa shape index (κ1) is 24.1. The number of carbonyl (C=O) groups is 2. The summed E-state index contributed by atoms with van der Waals surface area (Å²) in [7, 11) is 0. The molecule has 0 aliphatic heterocycles. The quantitative estimate of drug-likeness (QED) is 0.457. The van der Waals surface area contributed by atoms with Crippen LogP contribution in [-0.2, 0) is 9.59 Å². The second kappa shape index (κ2) is 9.43. The van der Waals surface area contributed by atoms with E-state index in [1.807, 2.05) is 18.2 Å². The van der Waals surface area contributed by atoms with Gasteiger partial charge in [-0.15, -0.1) is 5.92 Å². The molecule has 6 atom stereocenters. The Hall–Kier alpha value is -2.64. The van der Waals surface area contributed by atoms with E-state index in [9.17, 15) is 9.59 Å². The summed E-state index contributed by atoms with van der Waals surface area (Å²) >= 11 is 0. The maximum Gasteiger partial charge on any atom is 0.156 e. The van der Waals surface area contributed by atoms with E-state index < -0.39 is 0 Å². The van der Waals surface area contributed by atoms with E-state index in [0.717, 1.165) is 37.8 Å². The van der Waals surface area contributed by atoms with Crippen LogP contribution in [0.15, 0.2) is 47.1 Å². The minimum absolute atomic E-state index is 0.0479. The van der Waals surface area contributed by atoms with E-state index in [0.29, 0.717) is 42.8 Å². The van der Waals surface area contributed by atoms with Gasteiger partial charge in [0.25, 0.3) is 0 Å². The highest BCUT2D eigenvalue weighted by Gasteiger charge is 2.58. The Morgan fingerprint density at radius 2 is 1.94 bits per heavy atom. The Kier molecular flexibility index (Phi) is 6.49. The topological polar surface area (TPSA) is 80.4 Å². The Morgan fingerprint density at radius 1 is 1.17 bits per heavy atom. The molecule has 0 saturated heterocycles. The zero-order valence-corrected chi connectivity index (χ0v) is 21.0. The smallest absolute Gasteiger partial charge is 0.156 e. The summed E-state index contributed by atoms with van der Waals surface area (Å²) in [5, 5.41) is 8.93. The third kappa shape index (κ3) is 4.19. The van der Waals surface area contributed by atoms with Gasteiger partial charge in [0, 0.05) is 36.8 Å². The predicted octanol–water partition coefficient (Wildman–Crippen LogP) is 5.38. The van der Waals surface area contributed by atoms with Crippen LogP contribution in [0.1, 0.15) is 76.7 Å². The molecule has 2 saturated carbocycles. The lowest BCUT2D eigenvalue weighted by atomic mass is 9.50. The van der Waals surface area contributed by atoms with Gasteiger partial charge in [0.2, 0.25) is 0 Å². The van der Waals surface area contributed by atoms with Crippen LogP contribution < -0.4 is 5.73 Å². The Bertz CT molecular complexity index is 1150. The lowest BCUT2D eigenvalue weighted by Crippen LogP contribution is -2.45. The van der Waals surface area contributed by atoms with Crippen molar-refractivity contribution in [2.24, 2.45) is 29.1 Å². The van der Waals surface area contributed by atoms with Crippen molar-refractivity contribution in [2.75, 3.05) is 12.3 Å². The zero-order valence-electron chi connectivity index (χ0n) is 21.0. The number of allylic oxidation sites excluding steroid dienone is 4. The fourth-order valence-corrected chi connectivity index (χ4v) is 8.01. The summed E-state index contributed by atoms with van der Waals surface area (Å²) in [4.78, 5) is 25.8. The number of Topliss-reactive ketones (excluding diaryl/α,β-unsaturated/α-hetero) is 1. The second-order valence-corrected chi connectivity index (χ2v) is 11.4. The number of aliphatic hydroxyl groups is 1. The van der Waals surface area contributed by atoms with E-state index in [1.165, 1.54) is 16.7 Å². The number of hydrogen-bond donors (Lipinski definition) is 2. The Morgan fingerprint density at radius 3 is 2.69 bits per heavy atom. The summed E-state index contributed by atoms with van der Waals surface area (Å²) in [5.41, 5.74) is 12.3. The van der Waals surface area contributed by atoms with Crippen molar-refractivity contribution in [3.63, 3.8) is 0 Å². The first-order valence-electron chi connectivity index (χ1n) is 13.3. The second-order valence-electron chi connectivity index (χ2n) is 11.4. The van der Waals surface area contributed by atoms with Gasteiger partial charge >= 0.3 is 0 Å². The lowest BCUT2D eigenvalue weighted by Gasteiger charge is -2.53. The van der Waals surface area contributed by atoms with E-state index in [4.69, 9.17) is 10.8 Å². The van der Waals surface area contributed by atoms with Crippen molar-refractivity contribution in [1.29, 1.82) is 0 Å². The summed E-state index contributed by atoms with van der Waals surface area (Å²) in [5.74, 6) is 7.84. The number of fused-ring (bicyclic) bond motifs is 4. The van der Waals surface area contributed by atoms with E-state index in [2.05, 4.69) is 37.8 Å². The van der Waals surface area contributed by atoms with Crippen LogP contribution in [-0.4, -0.2) is 23.3 Å². The molecule has 0 spiro atoms. The van der Waals surface area contributed by atoms with Crippen LogP contribution in [0.2, 0.25) is 0 Å². The summed E-state index contributed by atoms with van der Waals surface area (Å²) in [6.45, 7) is 4.50. The van der Waals surface area contributed by atoms with Crippen LogP contribution in [0.4, 0.5) is 5.69 Å². The lowest BCUT2D eigenvalue weighted by molar-refractivity contribution is -0.127. The van der Waals surface area contributed by atoms with Gasteiger partial charge in [-0.05, 0) is 90.2 Å². The number of benzene rings is 1. The molecule has 0 heterocycles. The molecule has 2 fully saturated rings. The van der Waals surface area contributed by atoms with Crippen LogP contribution >= 0.6 is 0 Å².